The quantitative estimate of drug-likeness (QED) is 0.310. The number of carbonyl (C=O) groups excluding carboxylic acids is 2. The van der Waals surface area contributed by atoms with E-state index in [0.29, 0.717) is 23.2 Å². The second kappa shape index (κ2) is 7.95. The molecule has 0 saturated carbocycles. The van der Waals surface area contributed by atoms with Gasteiger partial charge in [0, 0.05) is 57.8 Å². The summed E-state index contributed by atoms with van der Waals surface area (Å²) < 4.78 is 2.34. The molecule has 1 aliphatic rings. The molecule has 0 atom stereocenters. The standard InChI is InChI=1S/C29H30N4O2/c1-16(2)32(17(3)4)14-9-15-33-21-13-8-6-11-19(21)23-25-24(28(34)31-29(25)35)22-18-10-5-7-12-20(18)30-26(22)27(23)33/h5-8,10-13,16-17,30H,9,14-15H2,1-4H3,(H,31,34,35). The van der Waals surface area contributed by atoms with Gasteiger partial charge in [-0.3, -0.25) is 19.8 Å². The molecule has 2 amide bonds. The highest BCUT2D eigenvalue weighted by Crippen LogP contribution is 2.43. The van der Waals surface area contributed by atoms with Gasteiger partial charge in [-0.15, -0.1) is 0 Å². The first kappa shape index (κ1) is 21.9. The number of aromatic nitrogens is 2. The van der Waals surface area contributed by atoms with Crippen LogP contribution in [0.2, 0.25) is 0 Å². The molecule has 6 nitrogen and oxygen atoms in total. The van der Waals surface area contributed by atoms with Crippen LogP contribution in [0, 0.1) is 0 Å². The third kappa shape index (κ3) is 3.13. The molecule has 6 heteroatoms. The van der Waals surface area contributed by atoms with Gasteiger partial charge in [-0.2, -0.15) is 0 Å². The van der Waals surface area contributed by atoms with Crippen molar-refractivity contribution in [2.45, 2.75) is 52.7 Å². The number of fused-ring (bicyclic) bond motifs is 10. The van der Waals surface area contributed by atoms with Crippen molar-refractivity contribution in [1.82, 2.24) is 19.8 Å². The first-order valence-corrected chi connectivity index (χ1v) is 12.5. The van der Waals surface area contributed by atoms with Gasteiger partial charge in [-0.05, 0) is 46.2 Å². The summed E-state index contributed by atoms with van der Waals surface area (Å²) in [7, 11) is 0. The molecule has 0 radical (unpaired) electrons. The molecule has 0 bridgehead atoms. The Morgan fingerprint density at radius 2 is 1.46 bits per heavy atom. The lowest BCUT2D eigenvalue weighted by atomic mass is 9.97. The van der Waals surface area contributed by atoms with Gasteiger partial charge < -0.3 is 9.55 Å². The molecule has 0 aliphatic carbocycles. The molecule has 0 spiro atoms. The predicted octanol–water partition coefficient (Wildman–Crippen LogP) is 5.82. The Hall–Kier alpha value is -3.64. The highest BCUT2D eigenvalue weighted by Gasteiger charge is 2.35. The van der Waals surface area contributed by atoms with Crippen LogP contribution >= 0.6 is 0 Å². The summed E-state index contributed by atoms with van der Waals surface area (Å²) in [5.74, 6) is -0.626. The number of aromatic amines is 1. The van der Waals surface area contributed by atoms with E-state index in [0.717, 1.165) is 63.1 Å². The summed E-state index contributed by atoms with van der Waals surface area (Å²) in [6, 6.07) is 17.2. The summed E-state index contributed by atoms with van der Waals surface area (Å²) >= 11 is 0. The fraction of sp³-hybridized carbons (Fsp3) is 0.310. The monoisotopic (exact) mass is 466 g/mol. The van der Waals surface area contributed by atoms with E-state index in [-0.39, 0.29) is 11.8 Å². The summed E-state index contributed by atoms with van der Waals surface area (Å²) in [6.07, 6.45) is 0.980. The second-order valence-electron chi connectivity index (χ2n) is 10.1. The number of benzene rings is 3. The van der Waals surface area contributed by atoms with E-state index in [4.69, 9.17) is 0 Å². The van der Waals surface area contributed by atoms with Crippen LogP contribution in [0.15, 0.2) is 48.5 Å². The van der Waals surface area contributed by atoms with Gasteiger partial charge in [0.25, 0.3) is 11.8 Å². The molecule has 0 unspecified atom stereocenters. The molecule has 3 heterocycles. The molecule has 178 valence electrons. The maximum absolute atomic E-state index is 13.1. The lowest BCUT2D eigenvalue weighted by Gasteiger charge is -2.30. The minimum absolute atomic E-state index is 0.309. The summed E-state index contributed by atoms with van der Waals surface area (Å²) in [5, 5.41) is 6.24. The Kier molecular flexibility index (Phi) is 4.97. The molecular weight excluding hydrogens is 436 g/mol. The van der Waals surface area contributed by atoms with E-state index < -0.39 is 0 Å². The number of rotatable bonds is 6. The van der Waals surface area contributed by atoms with Crippen LogP contribution in [0.3, 0.4) is 0 Å². The van der Waals surface area contributed by atoms with Crippen molar-refractivity contribution in [3.8, 4) is 0 Å². The average molecular weight is 467 g/mol. The zero-order chi connectivity index (χ0) is 24.4. The van der Waals surface area contributed by atoms with Gasteiger partial charge in [0.2, 0.25) is 0 Å². The van der Waals surface area contributed by atoms with Crippen LogP contribution in [0.25, 0.3) is 43.6 Å². The Morgan fingerprint density at radius 1 is 0.829 bits per heavy atom. The predicted molar refractivity (Wildman–Crippen MR) is 142 cm³/mol. The molecule has 2 aromatic heterocycles. The fourth-order valence-electron chi connectivity index (χ4n) is 6.08. The third-order valence-electron chi connectivity index (χ3n) is 7.47. The van der Waals surface area contributed by atoms with Crippen LogP contribution in [0.1, 0.15) is 54.8 Å². The van der Waals surface area contributed by atoms with Gasteiger partial charge >= 0.3 is 0 Å². The van der Waals surface area contributed by atoms with E-state index >= 15 is 0 Å². The minimum Gasteiger partial charge on any atom is -0.353 e. The first-order valence-electron chi connectivity index (χ1n) is 12.5. The Bertz CT molecular complexity index is 1650. The zero-order valence-corrected chi connectivity index (χ0v) is 20.6. The van der Waals surface area contributed by atoms with Crippen molar-refractivity contribution < 1.29 is 9.59 Å². The molecule has 0 fully saturated rings. The number of amides is 2. The second-order valence-corrected chi connectivity index (χ2v) is 10.1. The molecule has 1 aliphatic heterocycles. The van der Waals surface area contributed by atoms with Gasteiger partial charge in [0.1, 0.15) is 0 Å². The van der Waals surface area contributed by atoms with Crippen LogP contribution in [0.4, 0.5) is 0 Å². The first-order chi connectivity index (χ1) is 16.9. The van der Waals surface area contributed by atoms with Gasteiger partial charge in [-0.1, -0.05) is 36.4 Å². The van der Waals surface area contributed by atoms with Crippen molar-refractivity contribution >= 4 is 55.4 Å². The van der Waals surface area contributed by atoms with E-state index in [1.54, 1.807) is 0 Å². The van der Waals surface area contributed by atoms with Crippen molar-refractivity contribution in [2.24, 2.45) is 0 Å². The molecule has 5 aromatic rings. The smallest absolute Gasteiger partial charge is 0.259 e. The maximum atomic E-state index is 13.1. The van der Waals surface area contributed by atoms with Crippen LogP contribution in [-0.2, 0) is 6.54 Å². The Balaban J connectivity index is 1.66. The third-order valence-corrected chi connectivity index (χ3v) is 7.47. The molecule has 0 saturated heterocycles. The van der Waals surface area contributed by atoms with E-state index in [2.05, 4.69) is 59.6 Å². The van der Waals surface area contributed by atoms with Crippen molar-refractivity contribution in [3.63, 3.8) is 0 Å². The lowest BCUT2D eigenvalue weighted by molar-refractivity contribution is 0.0880. The largest absolute Gasteiger partial charge is 0.353 e. The van der Waals surface area contributed by atoms with Gasteiger partial charge in [0.15, 0.2) is 0 Å². The Labute approximate surface area is 203 Å². The molecule has 3 aromatic carbocycles. The number of para-hydroxylation sites is 2. The van der Waals surface area contributed by atoms with Crippen molar-refractivity contribution in [1.29, 1.82) is 0 Å². The molecule has 6 rings (SSSR count). The molecule has 35 heavy (non-hydrogen) atoms. The van der Waals surface area contributed by atoms with E-state index in [1.807, 2.05) is 36.4 Å². The summed E-state index contributed by atoms with van der Waals surface area (Å²) in [6.45, 7) is 10.8. The van der Waals surface area contributed by atoms with Crippen LogP contribution < -0.4 is 5.32 Å². The minimum atomic E-state index is -0.317. The van der Waals surface area contributed by atoms with Crippen LogP contribution in [0.5, 0.6) is 0 Å². The number of hydrogen-bond donors (Lipinski definition) is 2. The van der Waals surface area contributed by atoms with Gasteiger partial charge in [0.05, 0.1) is 22.2 Å². The number of nitrogens with one attached hydrogen (secondary N) is 2. The van der Waals surface area contributed by atoms with E-state index in [1.165, 1.54) is 0 Å². The number of H-pyrrole nitrogens is 1. The maximum Gasteiger partial charge on any atom is 0.259 e. The number of hydrogen-bond acceptors (Lipinski definition) is 3. The topological polar surface area (TPSA) is 70.1 Å². The summed E-state index contributed by atoms with van der Waals surface area (Å²) in [5.41, 5.74) is 4.97. The summed E-state index contributed by atoms with van der Waals surface area (Å²) in [4.78, 5) is 32.3. The van der Waals surface area contributed by atoms with Crippen LogP contribution in [-0.4, -0.2) is 44.9 Å². The number of imide groups is 1. The van der Waals surface area contributed by atoms with Crippen molar-refractivity contribution in [2.75, 3.05) is 6.54 Å². The average Bonchev–Trinajstić information content (AvgIpc) is 3.45. The Morgan fingerprint density at radius 3 is 2.17 bits per heavy atom. The molecule has 2 N–H and O–H groups in total. The molecular formula is C29H30N4O2. The van der Waals surface area contributed by atoms with E-state index in [9.17, 15) is 9.59 Å². The number of nitrogens with zero attached hydrogens (tertiary/aromatic N) is 2. The normalized spacial score (nSPS) is 14.0. The number of aryl methyl sites for hydroxylation is 1. The fourth-order valence-corrected chi connectivity index (χ4v) is 6.08. The zero-order valence-electron chi connectivity index (χ0n) is 20.6. The highest BCUT2D eigenvalue weighted by atomic mass is 16.2. The number of carbonyl (C=O) groups is 2. The highest BCUT2D eigenvalue weighted by molar-refractivity contribution is 6.39. The van der Waals surface area contributed by atoms with Gasteiger partial charge in [-0.25, -0.2) is 0 Å². The SMILES string of the molecule is CC(C)N(CCCn1c2ccccc2c2c3c(c4c5ccccc5[nH]c4c21)C(=O)NC3=O)C(C)C. The lowest BCUT2D eigenvalue weighted by Crippen LogP contribution is -2.38. The van der Waals surface area contributed by atoms with Crippen molar-refractivity contribution in [3.05, 3.63) is 59.7 Å².